The normalized spacial score (nSPS) is 18.5. The zero-order chi connectivity index (χ0) is 12.1. The molecule has 0 bridgehead atoms. The molecule has 0 radical (unpaired) electrons. The van der Waals surface area contributed by atoms with Gasteiger partial charge < -0.3 is 4.74 Å². The summed E-state index contributed by atoms with van der Waals surface area (Å²) < 4.78 is 6.06. The van der Waals surface area contributed by atoms with Crippen LogP contribution in [-0.4, -0.2) is 6.61 Å². The smallest absolute Gasteiger partial charge is 0.112 e. The van der Waals surface area contributed by atoms with Gasteiger partial charge in [-0.25, -0.2) is 0 Å². The van der Waals surface area contributed by atoms with E-state index in [4.69, 9.17) is 4.74 Å². The topological polar surface area (TPSA) is 9.23 Å². The maximum atomic E-state index is 6.06. The second kappa shape index (κ2) is 5.33. The van der Waals surface area contributed by atoms with Crippen molar-refractivity contribution >= 4 is 0 Å². The summed E-state index contributed by atoms with van der Waals surface area (Å²) in [5.41, 5.74) is 2.35. The molecule has 1 aromatic rings. The van der Waals surface area contributed by atoms with E-state index in [-0.39, 0.29) is 5.60 Å². The highest BCUT2D eigenvalue weighted by atomic mass is 16.5. The molecule has 1 aliphatic carbocycles. The highest BCUT2D eigenvalue weighted by Crippen LogP contribution is 2.39. The Labute approximate surface area is 104 Å². The number of ether oxygens (including phenoxy) is 1. The van der Waals surface area contributed by atoms with Crippen LogP contribution in [0.15, 0.2) is 54.6 Å². The number of rotatable bonds is 5. The summed E-state index contributed by atoms with van der Waals surface area (Å²) in [7, 11) is 0. The lowest BCUT2D eigenvalue weighted by Crippen LogP contribution is -2.28. The van der Waals surface area contributed by atoms with E-state index in [9.17, 15) is 0 Å². The summed E-state index contributed by atoms with van der Waals surface area (Å²) in [5, 5.41) is 0. The van der Waals surface area contributed by atoms with Gasteiger partial charge in [-0.2, -0.15) is 0 Å². The van der Waals surface area contributed by atoms with Crippen molar-refractivity contribution in [3.8, 4) is 0 Å². The Morgan fingerprint density at radius 2 is 2.12 bits per heavy atom. The first-order valence-corrected chi connectivity index (χ1v) is 6.27. The Bertz CT molecular complexity index is 405. The molecule has 0 fully saturated rings. The summed E-state index contributed by atoms with van der Waals surface area (Å²) in [4.78, 5) is 0. The number of hydrogen-bond donors (Lipinski definition) is 0. The number of benzene rings is 1. The predicted molar refractivity (Wildman–Crippen MR) is 71.9 cm³/mol. The Morgan fingerprint density at radius 3 is 2.71 bits per heavy atom. The lowest BCUT2D eigenvalue weighted by Gasteiger charge is -2.32. The largest absolute Gasteiger partial charge is 0.362 e. The van der Waals surface area contributed by atoms with Crippen LogP contribution in [-0.2, 0) is 10.3 Å². The third-order valence-electron chi connectivity index (χ3n) is 3.47. The van der Waals surface area contributed by atoms with Crippen LogP contribution in [0.3, 0.4) is 0 Å². The van der Waals surface area contributed by atoms with E-state index in [1.807, 2.05) is 12.1 Å². The minimum atomic E-state index is -0.286. The molecule has 0 saturated carbocycles. The molecular weight excluding hydrogens is 208 g/mol. The van der Waals surface area contributed by atoms with E-state index in [1.54, 1.807) is 0 Å². The van der Waals surface area contributed by atoms with Crippen LogP contribution >= 0.6 is 0 Å². The van der Waals surface area contributed by atoms with Crippen molar-refractivity contribution in [2.45, 2.75) is 31.8 Å². The van der Waals surface area contributed by atoms with Gasteiger partial charge in [-0.05, 0) is 37.3 Å². The molecule has 0 N–H and O–H groups in total. The monoisotopic (exact) mass is 228 g/mol. The summed E-state index contributed by atoms with van der Waals surface area (Å²) in [6.45, 7) is 6.50. The van der Waals surface area contributed by atoms with Gasteiger partial charge in [-0.15, -0.1) is 6.58 Å². The van der Waals surface area contributed by atoms with E-state index >= 15 is 0 Å². The average Bonchev–Trinajstić information content (AvgIpc) is 2.91. The van der Waals surface area contributed by atoms with Crippen LogP contribution in [0.25, 0.3) is 0 Å². The SMILES string of the molecule is C=CCOC(C)(C1=CCCC1)c1ccccc1. The second-order valence-electron chi connectivity index (χ2n) is 4.62. The molecular formula is C16H20O. The molecule has 1 atom stereocenters. The van der Waals surface area contributed by atoms with Crippen LogP contribution in [0.4, 0.5) is 0 Å². The minimum absolute atomic E-state index is 0.286. The lowest BCUT2D eigenvalue weighted by molar-refractivity contribution is 0.00877. The van der Waals surface area contributed by atoms with E-state index in [0.717, 1.165) is 6.42 Å². The number of hydrogen-bond acceptors (Lipinski definition) is 1. The molecule has 1 unspecified atom stereocenters. The van der Waals surface area contributed by atoms with Gasteiger partial charge in [0.05, 0.1) is 6.61 Å². The molecule has 0 saturated heterocycles. The summed E-state index contributed by atoms with van der Waals surface area (Å²) >= 11 is 0. The lowest BCUT2D eigenvalue weighted by atomic mass is 9.87. The molecule has 0 spiro atoms. The minimum Gasteiger partial charge on any atom is -0.362 e. The Balaban J connectivity index is 2.32. The Kier molecular flexibility index (Phi) is 3.80. The van der Waals surface area contributed by atoms with Gasteiger partial charge in [0.15, 0.2) is 0 Å². The summed E-state index contributed by atoms with van der Waals surface area (Å²) in [5.74, 6) is 0. The fourth-order valence-electron chi connectivity index (χ4n) is 2.45. The highest BCUT2D eigenvalue weighted by Gasteiger charge is 2.32. The van der Waals surface area contributed by atoms with Gasteiger partial charge >= 0.3 is 0 Å². The maximum absolute atomic E-state index is 6.06. The molecule has 90 valence electrons. The van der Waals surface area contributed by atoms with Gasteiger partial charge in [-0.3, -0.25) is 0 Å². The molecule has 0 amide bonds. The molecule has 0 aliphatic heterocycles. The van der Waals surface area contributed by atoms with Crippen molar-refractivity contribution in [3.05, 3.63) is 60.2 Å². The van der Waals surface area contributed by atoms with Gasteiger partial charge in [0, 0.05) is 0 Å². The van der Waals surface area contributed by atoms with E-state index in [0.29, 0.717) is 6.61 Å². The summed E-state index contributed by atoms with van der Waals surface area (Å²) in [6, 6.07) is 10.5. The van der Waals surface area contributed by atoms with Crippen LogP contribution in [0.2, 0.25) is 0 Å². The van der Waals surface area contributed by atoms with Crippen molar-refractivity contribution in [2.24, 2.45) is 0 Å². The van der Waals surface area contributed by atoms with Crippen LogP contribution < -0.4 is 0 Å². The standard InChI is InChI=1S/C16H20O/c1-3-13-17-16(2,15-11-7-8-12-15)14-9-5-4-6-10-14/h3-6,9-11H,1,7-8,12-13H2,2H3. The number of allylic oxidation sites excluding steroid dienone is 1. The fourth-order valence-corrected chi connectivity index (χ4v) is 2.45. The van der Waals surface area contributed by atoms with Gasteiger partial charge in [0.2, 0.25) is 0 Å². The first kappa shape index (κ1) is 12.1. The van der Waals surface area contributed by atoms with Crippen molar-refractivity contribution in [3.63, 3.8) is 0 Å². The van der Waals surface area contributed by atoms with Gasteiger partial charge in [0.1, 0.15) is 5.60 Å². The Morgan fingerprint density at radius 1 is 1.35 bits per heavy atom. The van der Waals surface area contributed by atoms with Crippen molar-refractivity contribution in [1.29, 1.82) is 0 Å². The quantitative estimate of drug-likeness (QED) is 0.686. The molecule has 1 aliphatic rings. The predicted octanol–water partition coefficient (Wildman–Crippen LogP) is 4.21. The zero-order valence-corrected chi connectivity index (χ0v) is 10.5. The fraction of sp³-hybridized carbons (Fsp3) is 0.375. The molecule has 2 rings (SSSR count). The van der Waals surface area contributed by atoms with Gasteiger partial charge in [-0.1, -0.05) is 42.5 Å². The zero-order valence-electron chi connectivity index (χ0n) is 10.5. The van der Waals surface area contributed by atoms with Gasteiger partial charge in [0.25, 0.3) is 0 Å². The maximum Gasteiger partial charge on any atom is 0.112 e. The highest BCUT2D eigenvalue weighted by molar-refractivity contribution is 5.33. The van der Waals surface area contributed by atoms with E-state index in [2.05, 4.69) is 43.8 Å². The molecule has 1 nitrogen and oxygen atoms in total. The van der Waals surface area contributed by atoms with Crippen LogP contribution in [0, 0.1) is 0 Å². The second-order valence-corrected chi connectivity index (χ2v) is 4.62. The summed E-state index contributed by atoms with van der Waals surface area (Å²) in [6.07, 6.45) is 7.71. The van der Waals surface area contributed by atoms with E-state index < -0.39 is 0 Å². The van der Waals surface area contributed by atoms with Crippen LogP contribution in [0.5, 0.6) is 0 Å². The molecule has 17 heavy (non-hydrogen) atoms. The molecule has 1 heteroatoms. The first-order valence-electron chi connectivity index (χ1n) is 6.27. The van der Waals surface area contributed by atoms with Crippen LogP contribution in [0.1, 0.15) is 31.7 Å². The van der Waals surface area contributed by atoms with Crippen molar-refractivity contribution in [2.75, 3.05) is 6.61 Å². The Hall–Kier alpha value is -1.34. The molecule has 0 heterocycles. The first-order chi connectivity index (χ1) is 8.27. The average molecular weight is 228 g/mol. The molecule has 1 aromatic carbocycles. The third-order valence-corrected chi connectivity index (χ3v) is 3.47. The molecule has 0 aromatic heterocycles. The van der Waals surface area contributed by atoms with E-state index in [1.165, 1.54) is 24.0 Å². The third kappa shape index (κ3) is 2.50. The van der Waals surface area contributed by atoms with Crippen molar-refractivity contribution < 1.29 is 4.74 Å². The van der Waals surface area contributed by atoms with Crippen molar-refractivity contribution in [1.82, 2.24) is 0 Å².